The number of aliphatic hydroxyl groups excluding tert-OH is 1. The van der Waals surface area contributed by atoms with E-state index in [1.54, 1.807) is 6.08 Å². The zero-order valence-corrected chi connectivity index (χ0v) is 19.3. The Bertz CT molecular complexity index is 791. The van der Waals surface area contributed by atoms with Crippen LogP contribution in [-0.2, 0) is 25.4 Å². The fourth-order valence-electron chi connectivity index (χ4n) is 3.50. The van der Waals surface area contributed by atoms with Gasteiger partial charge in [-0.3, -0.25) is 9.63 Å². The quantitative estimate of drug-likeness (QED) is 0.262. The van der Waals surface area contributed by atoms with Gasteiger partial charge in [0.25, 0.3) is 0 Å². The van der Waals surface area contributed by atoms with Crippen molar-refractivity contribution < 1.29 is 29.0 Å². The van der Waals surface area contributed by atoms with Crippen molar-refractivity contribution in [1.82, 2.24) is 5.48 Å². The lowest BCUT2D eigenvalue weighted by atomic mass is 9.97. The minimum absolute atomic E-state index is 0.0748. The predicted molar refractivity (Wildman–Crippen MR) is 115 cm³/mol. The molecule has 1 aliphatic carbocycles. The molecule has 3 N–H and O–H groups in total. The summed E-state index contributed by atoms with van der Waals surface area (Å²) in [5.41, 5.74) is 2.98. The summed E-state index contributed by atoms with van der Waals surface area (Å²) in [6.07, 6.45) is 0.0214. The molecule has 1 heterocycles. The molecule has 30 heavy (non-hydrogen) atoms. The van der Waals surface area contributed by atoms with E-state index in [4.69, 9.17) is 14.0 Å². The maximum atomic E-state index is 12.3. The van der Waals surface area contributed by atoms with Crippen LogP contribution in [0.3, 0.4) is 0 Å². The van der Waals surface area contributed by atoms with Crippen molar-refractivity contribution in [3.05, 3.63) is 47.5 Å². The second-order valence-corrected chi connectivity index (χ2v) is 14.4. The van der Waals surface area contributed by atoms with E-state index in [0.717, 1.165) is 5.56 Å². The van der Waals surface area contributed by atoms with Crippen molar-refractivity contribution in [2.45, 2.75) is 75.8 Å². The van der Waals surface area contributed by atoms with Gasteiger partial charge in [0.2, 0.25) is 0 Å². The van der Waals surface area contributed by atoms with E-state index in [2.05, 4.69) is 39.3 Å². The molecule has 0 saturated carbocycles. The third-order valence-corrected chi connectivity index (χ3v) is 10.8. The summed E-state index contributed by atoms with van der Waals surface area (Å²) in [5, 5.41) is 21.0. The Morgan fingerprint density at radius 3 is 2.53 bits per heavy atom. The van der Waals surface area contributed by atoms with Crippen LogP contribution in [0.15, 0.2) is 42.0 Å². The van der Waals surface area contributed by atoms with Gasteiger partial charge in [0.1, 0.15) is 11.7 Å². The number of rotatable bonds is 7. The molecule has 1 aliphatic heterocycles. The second-order valence-electron chi connectivity index (χ2n) is 9.65. The van der Waals surface area contributed by atoms with E-state index < -0.39 is 44.7 Å². The number of esters is 1. The molecule has 4 atom stereocenters. The number of carbonyl (C=O) groups excluding carboxylic acids is 1. The Hall–Kier alpha value is -1.55. The molecular weight excluding hydrogens is 402 g/mol. The van der Waals surface area contributed by atoms with Crippen molar-refractivity contribution in [1.29, 1.82) is 0 Å². The number of nitrogens with one attached hydrogen (secondary N) is 1. The number of hydrogen-bond donors (Lipinski definition) is 3. The Morgan fingerprint density at radius 2 is 1.93 bits per heavy atom. The standard InChI is InChI=1S/C22H33NO6Si/c1-21(2,3)30(4,5)29-20-19-16(12-22(20,26)14-24)17(11-18(25)28-19)23-27-13-15-9-7-6-8-10-15/h6-10,12,17,19-20,23-24,26H,11,13-14H2,1-5H3. The second kappa shape index (κ2) is 8.53. The van der Waals surface area contributed by atoms with Gasteiger partial charge in [0.15, 0.2) is 14.4 Å². The highest BCUT2D eigenvalue weighted by Crippen LogP contribution is 2.44. The van der Waals surface area contributed by atoms with Crippen LogP contribution in [0.2, 0.25) is 18.1 Å². The van der Waals surface area contributed by atoms with Gasteiger partial charge < -0.3 is 19.4 Å². The lowest BCUT2D eigenvalue weighted by Gasteiger charge is -2.43. The van der Waals surface area contributed by atoms with Crippen LogP contribution in [0.1, 0.15) is 32.8 Å². The number of carbonyl (C=O) groups is 1. The number of benzene rings is 1. The Labute approximate surface area is 179 Å². The number of hydroxylamine groups is 1. The smallest absolute Gasteiger partial charge is 0.308 e. The summed E-state index contributed by atoms with van der Waals surface area (Å²) >= 11 is 0. The number of hydrogen-bond acceptors (Lipinski definition) is 7. The van der Waals surface area contributed by atoms with Crippen LogP contribution in [-0.4, -0.2) is 55.0 Å². The van der Waals surface area contributed by atoms with Crippen LogP contribution < -0.4 is 5.48 Å². The largest absolute Gasteiger partial charge is 0.455 e. The Balaban J connectivity index is 1.78. The number of ether oxygens (including phenoxy) is 1. The van der Waals surface area contributed by atoms with E-state index in [1.807, 2.05) is 30.3 Å². The molecule has 0 radical (unpaired) electrons. The highest BCUT2D eigenvalue weighted by molar-refractivity contribution is 6.74. The Morgan fingerprint density at radius 1 is 1.27 bits per heavy atom. The molecule has 2 aliphatic rings. The van der Waals surface area contributed by atoms with Crippen LogP contribution in [0, 0.1) is 0 Å². The molecular formula is C22H33NO6Si. The summed E-state index contributed by atoms with van der Waals surface area (Å²) in [7, 11) is -2.31. The maximum Gasteiger partial charge on any atom is 0.308 e. The molecule has 0 bridgehead atoms. The van der Waals surface area contributed by atoms with Gasteiger partial charge in [-0.15, -0.1) is 0 Å². The monoisotopic (exact) mass is 435 g/mol. The SMILES string of the molecule is CC(C)(C)[Si](C)(C)OC1C2OC(=O)CC(NOCc3ccccc3)C2=CC1(O)CO. The molecule has 1 aromatic carbocycles. The van der Waals surface area contributed by atoms with E-state index in [1.165, 1.54) is 0 Å². The molecule has 7 nitrogen and oxygen atoms in total. The minimum atomic E-state index is -2.31. The van der Waals surface area contributed by atoms with E-state index in [-0.39, 0.29) is 11.5 Å². The van der Waals surface area contributed by atoms with Gasteiger partial charge >= 0.3 is 5.97 Å². The molecule has 0 spiro atoms. The lowest BCUT2D eigenvalue weighted by molar-refractivity contribution is -0.164. The molecule has 1 saturated heterocycles. The van der Waals surface area contributed by atoms with Gasteiger partial charge in [-0.2, -0.15) is 5.48 Å². The van der Waals surface area contributed by atoms with E-state index in [9.17, 15) is 15.0 Å². The van der Waals surface area contributed by atoms with Crippen molar-refractivity contribution >= 4 is 14.3 Å². The van der Waals surface area contributed by atoms with Crippen molar-refractivity contribution in [2.24, 2.45) is 0 Å². The van der Waals surface area contributed by atoms with Crippen LogP contribution >= 0.6 is 0 Å². The van der Waals surface area contributed by atoms with Gasteiger partial charge in [0.05, 0.1) is 25.7 Å². The minimum Gasteiger partial charge on any atom is -0.455 e. The maximum absolute atomic E-state index is 12.3. The van der Waals surface area contributed by atoms with Gasteiger partial charge in [-0.05, 0) is 35.3 Å². The summed E-state index contributed by atoms with van der Waals surface area (Å²) in [5.74, 6) is -0.399. The zero-order chi connectivity index (χ0) is 22.2. The molecule has 3 rings (SSSR count). The summed E-state index contributed by atoms with van der Waals surface area (Å²) in [6, 6.07) is 9.21. The van der Waals surface area contributed by atoms with Crippen LogP contribution in [0.5, 0.6) is 0 Å². The zero-order valence-electron chi connectivity index (χ0n) is 18.3. The highest BCUT2D eigenvalue weighted by Gasteiger charge is 2.56. The summed E-state index contributed by atoms with van der Waals surface area (Å²) in [6.45, 7) is 10.2. The van der Waals surface area contributed by atoms with Gasteiger partial charge in [-0.25, -0.2) is 0 Å². The lowest BCUT2D eigenvalue weighted by Crippen LogP contribution is -2.57. The first-order valence-electron chi connectivity index (χ1n) is 10.3. The number of aliphatic hydroxyl groups is 2. The van der Waals surface area contributed by atoms with Crippen LogP contribution in [0.4, 0.5) is 0 Å². The van der Waals surface area contributed by atoms with E-state index >= 15 is 0 Å². The van der Waals surface area contributed by atoms with Crippen LogP contribution in [0.25, 0.3) is 0 Å². The topological polar surface area (TPSA) is 97.3 Å². The molecule has 166 valence electrons. The normalized spacial score (nSPS) is 29.4. The highest BCUT2D eigenvalue weighted by atomic mass is 28.4. The van der Waals surface area contributed by atoms with Gasteiger partial charge in [-0.1, -0.05) is 51.1 Å². The van der Waals surface area contributed by atoms with Crippen molar-refractivity contribution in [3.63, 3.8) is 0 Å². The molecule has 0 amide bonds. The summed E-state index contributed by atoms with van der Waals surface area (Å²) < 4.78 is 12.0. The molecule has 1 aromatic rings. The summed E-state index contributed by atoms with van der Waals surface area (Å²) in [4.78, 5) is 18.0. The fourth-order valence-corrected chi connectivity index (χ4v) is 4.81. The molecule has 8 heteroatoms. The first kappa shape index (κ1) is 23.1. The first-order valence-corrected chi connectivity index (χ1v) is 13.2. The third-order valence-electron chi connectivity index (χ3n) is 6.33. The first-order chi connectivity index (χ1) is 14.0. The molecule has 0 aromatic heterocycles. The van der Waals surface area contributed by atoms with E-state index in [0.29, 0.717) is 12.2 Å². The average molecular weight is 436 g/mol. The average Bonchev–Trinajstić information content (AvgIpc) is 2.94. The predicted octanol–water partition coefficient (Wildman–Crippen LogP) is 2.45. The molecule has 1 fully saturated rings. The third kappa shape index (κ3) is 4.69. The van der Waals surface area contributed by atoms with Gasteiger partial charge in [0, 0.05) is 0 Å². The number of fused-ring (bicyclic) bond motifs is 1. The van der Waals surface area contributed by atoms with Crippen molar-refractivity contribution in [2.75, 3.05) is 6.61 Å². The molecule has 4 unspecified atom stereocenters. The Kier molecular flexibility index (Phi) is 6.57. The van der Waals surface area contributed by atoms with Crippen molar-refractivity contribution in [3.8, 4) is 0 Å². The fraction of sp³-hybridized carbons (Fsp3) is 0.591.